The first-order valence-corrected chi connectivity index (χ1v) is 10.9. The summed E-state index contributed by atoms with van der Waals surface area (Å²) in [5, 5.41) is 5.02. The third-order valence-corrected chi connectivity index (χ3v) is 6.56. The molecule has 3 rings (SSSR count). The van der Waals surface area contributed by atoms with Crippen molar-refractivity contribution in [3.05, 3.63) is 37.9 Å². The average Bonchev–Trinajstić information content (AvgIpc) is 3.22. The van der Waals surface area contributed by atoms with E-state index in [2.05, 4.69) is 5.32 Å². The van der Waals surface area contributed by atoms with Crippen LogP contribution >= 0.6 is 22.7 Å². The normalized spacial score (nSPS) is 13.1. The summed E-state index contributed by atoms with van der Waals surface area (Å²) in [7, 11) is 0. The van der Waals surface area contributed by atoms with Crippen molar-refractivity contribution in [2.24, 2.45) is 0 Å². The van der Waals surface area contributed by atoms with Crippen LogP contribution < -0.4 is 5.32 Å². The molecule has 28 heavy (non-hydrogen) atoms. The molecule has 0 fully saturated rings. The van der Waals surface area contributed by atoms with E-state index >= 15 is 0 Å². The molecular formula is C20H23NO5S2. The van der Waals surface area contributed by atoms with Crippen LogP contribution in [0.15, 0.2) is 11.4 Å². The van der Waals surface area contributed by atoms with E-state index in [9.17, 15) is 14.4 Å². The van der Waals surface area contributed by atoms with E-state index in [1.165, 1.54) is 22.7 Å². The molecular weight excluding hydrogens is 398 g/mol. The summed E-state index contributed by atoms with van der Waals surface area (Å²) in [6.45, 7) is 5.00. The van der Waals surface area contributed by atoms with E-state index in [-0.39, 0.29) is 6.10 Å². The Bertz CT molecular complexity index is 897. The minimum absolute atomic E-state index is 0.245. The van der Waals surface area contributed by atoms with Crippen molar-refractivity contribution in [1.82, 2.24) is 0 Å². The SMILES string of the molecule is Cc1ccsc1C(=O)OCC(=O)Nc1sc2c(c1C(=O)OC(C)C)CCCC2. The van der Waals surface area contributed by atoms with Gasteiger partial charge < -0.3 is 14.8 Å². The maximum Gasteiger partial charge on any atom is 0.349 e. The van der Waals surface area contributed by atoms with E-state index in [4.69, 9.17) is 9.47 Å². The number of fused-ring (bicyclic) bond motifs is 1. The molecule has 0 saturated carbocycles. The molecule has 2 aromatic heterocycles. The Morgan fingerprint density at radius 3 is 2.61 bits per heavy atom. The molecule has 0 radical (unpaired) electrons. The number of carbonyl (C=O) groups is 3. The van der Waals surface area contributed by atoms with Gasteiger partial charge in [-0.05, 0) is 69.0 Å². The van der Waals surface area contributed by atoms with Crippen LogP contribution in [0.5, 0.6) is 0 Å². The lowest BCUT2D eigenvalue weighted by Gasteiger charge is -2.14. The minimum Gasteiger partial charge on any atom is -0.459 e. The monoisotopic (exact) mass is 421 g/mol. The molecule has 0 unspecified atom stereocenters. The molecule has 6 nitrogen and oxygen atoms in total. The first-order valence-electron chi connectivity index (χ1n) is 9.23. The predicted molar refractivity (Wildman–Crippen MR) is 109 cm³/mol. The third-order valence-electron chi connectivity index (χ3n) is 4.35. The molecule has 0 bridgehead atoms. The number of amides is 1. The van der Waals surface area contributed by atoms with E-state index in [0.717, 1.165) is 41.7 Å². The molecule has 0 atom stereocenters. The second-order valence-electron chi connectivity index (χ2n) is 6.93. The highest BCUT2D eigenvalue weighted by Crippen LogP contribution is 2.38. The Hall–Kier alpha value is -2.19. The van der Waals surface area contributed by atoms with Crippen molar-refractivity contribution in [2.75, 3.05) is 11.9 Å². The summed E-state index contributed by atoms with van der Waals surface area (Å²) in [4.78, 5) is 38.6. The smallest absolute Gasteiger partial charge is 0.349 e. The molecule has 150 valence electrons. The van der Waals surface area contributed by atoms with Crippen LogP contribution in [0.2, 0.25) is 0 Å². The molecule has 0 aliphatic heterocycles. The van der Waals surface area contributed by atoms with Gasteiger partial charge in [0.05, 0.1) is 11.7 Å². The molecule has 0 saturated heterocycles. The van der Waals surface area contributed by atoms with Gasteiger partial charge in [-0.25, -0.2) is 9.59 Å². The van der Waals surface area contributed by atoms with Gasteiger partial charge in [0, 0.05) is 4.88 Å². The molecule has 8 heteroatoms. The summed E-state index contributed by atoms with van der Waals surface area (Å²) < 4.78 is 10.5. The van der Waals surface area contributed by atoms with Gasteiger partial charge in [-0.3, -0.25) is 4.79 Å². The van der Waals surface area contributed by atoms with Crippen LogP contribution in [-0.2, 0) is 27.1 Å². The molecule has 0 spiro atoms. The predicted octanol–water partition coefficient (Wildman–Crippen LogP) is 4.36. The lowest BCUT2D eigenvalue weighted by Crippen LogP contribution is -2.22. The maximum absolute atomic E-state index is 12.6. The van der Waals surface area contributed by atoms with Crippen molar-refractivity contribution < 1.29 is 23.9 Å². The van der Waals surface area contributed by atoms with Crippen LogP contribution in [0.25, 0.3) is 0 Å². The average molecular weight is 422 g/mol. The van der Waals surface area contributed by atoms with Crippen molar-refractivity contribution in [1.29, 1.82) is 0 Å². The van der Waals surface area contributed by atoms with E-state index in [1.807, 2.05) is 13.0 Å². The second-order valence-corrected chi connectivity index (χ2v) is 8.95. The largest absolute Gasteiger partial charge is 0.459 e. The van der Waals surface area contributed by atoms with Crippen LogP contribution in [0.1, 0.15) is 62.7 Å². The van der Waals surface area contributed by atoms with Crippen molar-refractivity contribution in [3.63, 3.8) is 0 Å². The topological polar surface area (TPSA) is 81.7 Å². The zero-order valence-electron chi connectivity index (χ0n) is 16.1. The van der Waals surface area contributed by atoms with Crippen molar-refractivity contribution in [2.45, 2.75) is 52.6 Å². The molecule has 1 N–H and O–H groups in total. The summed E-state index contributed by atoms with van der Waals surface area (Å²) in [6, 6.07) is 1.82. The van der Waals surface area contributed by atoms with Crippen molar-refractivity contribution in [3.8, 4) is 0 Å². The first kappa shape index (κ1) is 20.5. The molecule has 1 aliphatic rings. The van der Waals surface area contributed by atoms with E-state index in [1.54, 1.807) is 19.2 Å². The number of rotatable bonds is 6. The fraction of sp³-hybridized carbons (Fsp3) is 0.450. The van der Waals surface area contributed by atoms with Crippen LogP contribution in [0.4, 0.5) is 5.00 Å². The van der Waals surface area contributed by atoms with E-state index < -0.39 is 24.5 Å². The van der Waals surface area contributed by atoms with Crippen molar-refractivity contribution >= 4 is 45.5 Å². The Balaban J connectivity index is 1.71. The van der Waals surface area contributed by atoms with Crippen LogP contribution in [0, 0.1) is 6.92 Å². The Morgan fingerprint density at radius 1 is 1.18 bits per heavy atom. The summed E-state index contributed by atoms with van der Waals surface area (Å²) >= 11 is 2.69. The van der Waals surface area contributed by atoms with E-state index in [0.29, 0.717) is 15.4 Å². The first-order chi connectivity index (χ1) is 13.4. The summed E-state index contributed by atoms with van der Waals surface area (Å²) in [5.41, 5.74) is 2.24. The highest BCUT2D eigenvalue weighted by molar-refractivity contribution is 7.17. The molecule has 1 amide bonds. The Labute approximate surface area is 171 Å². The number of nitrogens with one attached hydrogen (secondary N) is 1. The van der Waals surface area contributed by atoms with Crippen LogP contribution in [0.3, 0.4) is 0 Å². The van der Waals surface area contributed by atoms with Gasteiger partial charge in [-0.1, -0.05) is 0 Å². The van der Waals surface area contributed by atoms with Gasteiger partial charge in [-0.15, -0.1) is 22.7 Å². The molecule has 1 aliphatic carbocycles. The lowest BCUT2D eigenvalue weighted by molar-refractivity contribution is -0.119. The highest BCUT2D eigenvalue weighted by Gasteiger charge is 2.28. The number of hydrogen-bond donors (Lipinski definition) is 1. The van der Waals surface area contributed by atoms with Gasteiger partial charge in [0.2, 0.25) is 0 Å². The molecule has 0 aromatic carbocycles. The summed E-state index contributed by atoms with van der Waals surface area (Å²) in [5.74, 6) is -1.41. The fourth-order valence-electron chi connectivity index (χ4n) is 3.08. The number of ether oxygens (including phenoxy) is 2. The zero-order chi connectivity index (χ0) is 20.3. The number of aryl methyl sites for hydroxylation is 2. The van der Waals surface area contributed by atoms with Crippen LogP contribution in [-0.4, -0.2) is 30.6 Å². The lowest BCUT2D eigenvalue weighted by atomic mass is 9.95. The second kappa shape index (κ2) is 8.87. The fourth-order valence-corrected chi connectivity index (χ4v) is 5.20. The minimum atomic E-state index is -0.521. The van der Waals surface area contributed by atoms with Gasteiger partial charge in [0.15, 0.2) is 6.61 Å². The standard InChI is InChI=1S/C20H23NO5S2/c1-11(2)26-19(23)16-13-6-4-5-7-14(13)28-18(16)21-15(22)10-25-20(24)17-12(3)8-9-27-17/h8-9,11H,4-7,10H2,1-3H3,(H,21,22). The number of anilines is 1. The van der Waals surface area contributed by atoms with Gasteiger partial charge >= 0.3 is 11.9 Å². The molecule has 2 heterocycles. The Kier molecular flexibility index (Phi) is 6.51. The van der Waals surface area contributed by atoms with Gasteiger partial charge in [0.25, 0.3) is 5.91 Å². The highest BCUT2D eigenvalue weighted by atomic mass is 32.1. The Morgan fingerprint density at radius 2 is 1.93 bits per heavy atom. The van der Waals surface area contributed by atoms with Gasteiger partial charge in [0.1, 0.15) is 9.88 Å². The molecule has 2 aromatic rings. The number of hydrogen-bond acceptors (Lipinski definition) is 7. The maximum atomic E-state index is 12.6. The number of esters is 2. The number of thiophene rings is 2. The quantitative estimate of drug-likeness (QED) is 0.701. The zero-order valence-corrected chi connectivity index (χ0v) is 17.8. The number of carbonyl (C=O) groups excluding carboxylic acids is 3. The summed E-state index contributed by atoms with van der Waals surface area (Å²) in [6.07, 6.45) is 3.53. The third kappa shape index (κ3) is 4.62. The van der Waals surface area contributed by atoms with Gasteiger partial charge in [-0.2, -0.15) is 0 Å².